The third-order valence-corrected chi connectivity index (χ3v) is 7.58. The van der Waals surface area contributed by atoms with Crippen molar-refractivity contribution in [2.45, 2.75) is 51.8 Å². The molecule has 4 nitrogen and oxygen atoms in total. The average molecular weight is 531 g/mol. The number of Topliss-reactive ketones (excluding diaryl/α,β-unsaturated/α-hetero) is 1. The molecule has 38 heavy (non-hydrogen) atoms. The Hall–Kier alpha value is -3.50. The lowest BCUT2D eigenvalue weighted by atomic mass is 9.85. The minimum Gasteiger partial charge on any atom is -0.355 e. The van der Waals surface area contributed by atoms with Gasteiger partial charge in [-0.3, -0.25) is 9.59 Å². The number of halogens is 1. The fraction of sp³-hybridized carbons (Fsp3) is 0.303. The second-order valence-electron chi connectivity index (χ2n) is 9.79. The number of carbonyl (C=O) groups excluding carboxylic acids is 2. The zero-order valence-electron chi connectivity index (χ0n) is 22.8. The molecule has 1 aliphatic rings. The van der Waals surface area contributed by atoms with Gasteiger partial charge in [0.2, 0.25) is 0 Å². The largest absolute Gasteiger partial charge is 0.355 e. The van der Waals surface area contributed by atoms with Crippen molar-refractivity contribution in [1.82, 2.24) is 4.98 Å². The summed E-state index contributed by atoms with van der Waals surface area (Å²) in [6.45, 7) is 20.7. The van der Waals surface area contributed by atoms with E-state index in [1.54, 1.807) is 32.1 Å². The molecule has 1 aliphatic carbocycles. The maximum Gasteiger partial charge on any atom is 0.183 e. The molecule has 1 heterocycles. The van der Waals surface area contributed by atoms with Gasteiger partial charge in [0.1, 0.15) is 5.78 Å². The molecule has 1 aromatic rings. The summed E-state index contributed by atoms with van der Waals surface area (Å²) in [6, 6.07) is 2.09. The number of alkyl halides is 1. The van der Waals surface area contributed by atoms with Crippen molar-refractivity contribution in [3.8, 4) is 0 Å². The molecule has 0 aliphatic heterocycles. The summed E-state index contributed by atoms with van der Waals surface area (Å²) in [6.07, 6.45) is 17.4. The smallest absolute Gasteiger partial charge is 0.183 e. The summed E-state index contributed by atoms with van der Waals surface area (Å²) in [7, 11) is 0. The van der Waals surface area contributed by atoms with Crippen molar-refractivity contribution in [1.29, 1.82) is 5.41 Å². The number of nitrogens with one attached hydrogen (secondary N) is 2. The van der Waals surface area contributed by atoms with Gasteiger partial charge in [-0.25, -0.2) is 0 Å². The van der Waals surface area contributed by atoms with Crippen LogP contribution < -0.4 is 0 Å². The van der Waals surface area contributed by atoms with E-state index in [0.29, 0.717) is 11.5 Å². The Morgan fingerprint density at radius 3 is 2.47 bits per heavy atom. The van der Waals surface area contributed by atoms with E-state index < -0.39 is 5.38 Å². The Morgan fingerprint density at radius 1 is 1.18 bits per heavy atom. The molecular weight excluding hydrogens is 492 g/mol. The minimum atomic E-state index is -0.714. The summed E-state index contributed by atoms with van der Waals surface area (Å²) in [5.41, 5.74) is 5.78. The molecule has 3 unspecified atom stereocenters. The quantitative estimate of drug-likeness (QED) is 0.0882. The van der Waals surface area contributed by atoms with Crippen LogP contribution in [-0.2, 0) is 9.59 Å². The number of hydrogen-bond acceptors (Lipinski definition) is 3. The first kappa shape index (κ1) is 30.7. The van der Waals surface area contributed by atoms with Gasteiger partial charge in [0.05, 0.1) is 11.1 Å². The zero-order chi connectivity index (χ0) is 28.4. The van der Waals surface area contributed by atoms with Gasteiger partial charge >= 0.3 is 0 Å². The van der Waals surface area contributed by atoms with Gasteiger partial charge in [-0.2, -0.15) is 0 Å². The molecule has 0 aromatic carbocycles. The van der Waals surface area contributed by atoms with Crippen LogP contribution in [0.1, 0.15) is 63.4 Å². The van der Waals surface area contributed by atoms with E-state index in [4.69, 9.17) is 17.0 Å². The number of rotatable bonds is 13. The highest BCUT2D eigenvalue weighted by Gasteiger charge is 2.23. The lowest BCUT2D eigenvalue weighted by Crippen LogP contribution is -2.17. The predicted molar refractivity (Wildman–Crippen MR) is 163 cm³/mol. The van der Waals surface area contributed by atoms with Crippen LogP contribution in [0.2, 0.25) is 0 Å². The van der Waals surface area contributed by atoms with Crippen molar-refractivity contribution in [3.63, 3.8) is 0 Å². The molecule has 0 radical (unpaired) electrons. The van der Waals surface area contributed by atoms with Crippen LogP contribution in [0.15, 0.2) is 85.6 Å². The molecule has 5 heteroatoms. The van der Waals surface area contributed by atoms with E-state index in [1.807, 2.05) is 13.0 Å². The SMILES string of the molecule is C=CC(=N)/C=C(/C(=O)/C=C/C(C=C)=C/c1cc(C2=CCC(C(C)C(C)=O)CCC2)[nH]c1C=C)C(Cl)C(=C)C. The summed E-state index contributed by atoms with van der Waals surface area (Å²) in [4.78, 5) is 28.3. The Morgan fingerprint density at radius 2 is 1.89 bits per heavy atom. The molecule has 1 aromatic heterocycles. The van der Waals surface area contributed by atoms with Gasteiger partial charge in [0, 0.05) is 28.4 Å². The van der Waals surface area contributed by atoms with Gasteiger partial charge in [-0.1, -0.05) is 57.0 Å². The molecule has 0 fully saturated rings. The summed E-state index contributed by atoms with van der Waals surface area (Å²) in [5.74, 6) is 0.381. The molecule has 2 rings (SSSR count). The zero-order valence-corrected chi connectivity index (χ0v) is 23.5. The first-order chi connectivity index (χ1) is 18.0. The van der Waals surface area contributed by atoms with Gasteiger partial charge in [-0.05, 0) is 93.0 Å². The first-order valence-corrected chi connectivity index (χ1v) is 13.3. The number of aromatic nitrogens is 1. The fourth-order valence-electron chi connectivity index (χ4n) is 4.43. The maximum absolute atomic E-state index is 13.0. The Balaban J connectivity index is 2.34. The highest BCUT2D eigenvalue weighted by molar-refractivity contribution is 6.29. The van der Waals surface area contributed by atoms with E-state index in [2.05, 4.69) is 43.4 Å². The highest BCUT2D eigenvalue weighted by Crippen LogP contribution is 2.33. The second-order valence-corrected chi connectivity index (χ2v) is 10.2. The number of aromatic amines is 1. The Kier molecular flexibility index (Phi) is 11.7. The van der Waals surface area contributed by atoms with Gasteiger partial charge in [0.15, 0.2) is 5.78 Å². The standard InChI is InChI=1S/C33H39ClN2O2/c1-8-24(14-17-32(38)29(20-28(35)9-2)33(34)21(4)5)18-27-19-31(36-30(27)10-3)26-13-11-12-25(15-16-26)22(6)23(7)37/h8-10,14,16-20,22,25,33,35-36H,1-4,11-13,15H2,5-7H3/b17-14+,24-18+,29-20-,35-28?. The lowest BCUT2D eigenvalue weighted by molar-refractivity contribution is -0.121. The number of allylic oxidation sites excluding steroid dienone is 10. The van der Waals surface area contributed by atoms with Crippen LogP contribution in [0.3, 0.4) is 0 Å². The summed E-state index contributed by atoms with van der Waals surface area (Å²) in [5, 5.41) is 7.16. The van der Waals surface area contributed by atoms with Crippen molar-refractivity contribution in [2.24, 2.45) is 11.8 Å². The molecule has 0 spiro atoms. The molecule has 0 saturated heterocycles. The summed E-state index contributed by atoms with van der Waals surface area (Å²) < 4.78 is 0. The number of carbonyl (C=O) groups is 2. The first-order valence-electron chi connectivity index (χ1n) is 12.9. The van der Waals surface area contributed by atoms with Crippen LogP contribution in [0.25, 0.3) is 17.7 Å². The average Bonchev–Trinajstić information content (AvgIpc) is 3.14. The third-order valence-electron chi connectivity index (χ3n) is 6.97. The Labute approximate surface area is 232 Å². The molecule has 0 amide bonds. The number of H-pyrrole nitrogens is 1. The van der Waals surface area contributed by atoms with E-state index in [9.17, 15) is 9.59 Å². The summed E-state index contributed by atoms with van der Waals surface area (Å²) >= 11 is 6.40. The fourth-order valence-corrected chi connectivity index (χ4v) is 4.60. The van der Waals surface area contributed by atoms with Crippen LogP contribution in [0.4, 0.5) is 0 Å². The molecule has 2 N–H and O–H groups in total. The lowest BCUT2D eigenvalue weighted by Gasteiger charge is -2.18. The van der Waals surface area contributed by atoms with E-state index in [0.717, 1.165) is 48.2 Å². The topological polar surface area (TPSA) is 73.8 Å². The van der Waals surface area contributed by atoms with Crippen LogP contribution in [0.5, 0.6) is 0 Å². The Bertz CT molecular complexity index is 1250. The van der Waals surface area contributed by atoms with Gasteiger partial charge in [-0.15, -0.1) is 11.6 Å². The van der Waals surface area contributed by atoms with E-state index in [-0.39, 0.29) is 28.8 Å². The van der Waals surface area contributed by atoms with Crippen molar-refractivity contribution in [3.05, 3.63) is 103 Å². The van der Waals surface area contributed by atoms with Gasteiger partial charge in [0.25, 0.3) is 0 Å². The molecular formula is C33H39ClN2O2. The molecule has 200 valence electrons. The molecule has 0 saturated carbocycles. The second kappa shape index (κ2) is 14.4. The number of hydrogen-bond donors (Lipinski definition) is 2. The van der Waals surface area contributed by atoms with Crippen molar-refractivity contribution < 1.29 is 9.59 Å². The number of ketones is 2. The normalized spacial score (nSPS) is 18.2. The third kappa shape index (κ3) is 8.26. The van der Waals surface area contributed by atoms with E-state index >= 15 is 0 Å². The van der Waals surface area contributed by atoms with Gasteiger partial charge < -0.3 is 10.4 Å². The maximum atomic E-state index is 13.0. The monoisotopic (exact) mass is 530 g/mol. The highest BCUT2D eigenvalue weighted by atomic mass is 35.5. The van der Waals surface area contributed by atoms with Crippen LogP contribution in [-0.4, -0.2) is 27.6 Å². The van der Waals surface area contributed by atoms with Crippen molar-refractivity contribution in [2.75, 3.05) is 0 Å². The molecule has 0 bridgehead atoms. The molecule has 3 atom stereocenters. The van der Waals surface area contributed by atoms with Crippen LogP contribution >= 0.6 is 11.6 Å². The minimum absolute atomic E-state index is 0.0725. The van der Waals surface area contributed by atoms with Crippen LogP contribution in [0, 0.1) is 17.2 Å². The van der Waals surface area contributed by atoms with Crippen molar-refractivity contribution >= 4 is 46.6 Å². The van der Waals surface area contributed by atoms with E-state index in [1.165, 1.54) is 23.8 Å². The predicted octanol–water partition coefficient (Wildman–Crippen LogP) is 8.47.